The predicted octanol–water partition coefficient (Wildman–Crippen LogP) is 4.03. The molecule has 1 aliphatic rings. The average molecular weight is 427 g/mol. The average Bonchev–Trinajstić information content (AvgIpc) is 3.51. The van der Waals surface area contributed by atoms with Crippen molar-refractivity contribution in [3.63, 3.8) is 0 Å². The van der Waals surface area contributed by atoms with E-state index in [4.69, 9.17) is 14.8 Å². The Morgan fingerprint density at radius 3 is 2.31 bits per heavy atom. The molecule has 1 saturated heterocycles. The number of terminal acetylenes is 1. The molecule has 7 heteroatoms. The van der Waals surface area contributed by atoms with Gasteiger partial charge >= 0.3 is 0 Å². The molecule has 0 atom stereocenters. The molecule has 0 aliphatic carbocycles. The normalized spacial score (nSPS) is 12.2. The molecule has 3 aromatic heterocycles. The third-order valence-corrected chi connectivity index (χ3v) is 4.90. The van der Waals surface area contributed by atoms with Crippen molar-refractivity contribution >= 4 is 23.3 Å². The van der Waals surface area contributed by atoms with Crippen LogP contribution in [-0.2, 0) is 4.79 Å². The molecule has 1 fully saturated rings. The maximum Gasteiger partial charge on any atom is 0.204 e. The van der Waals surface area contributed by atoms with Crippen molar-refractivity contribution in [2.75, 3.05) is 18.0 Å². The van der Waals surface area contributed by atoms with Gasteiger partial charge in [0.1, 0.15) is 11.5 Å². The molecule has 7 nitrogen and oxygen atoms in total. The summed E-state index contributed by atoms with van der Waals surface area (Å²) in [6, 6.07) is 16.4. The van der Waals surface area contributed by atoms with Crippen molar-refractivity contribution in [1.29, 1.82) is 0 Å². The zero-order valence-electron chi connectivity index (χ0n) is 18.0. The number of H-pyrrole nitrogens is 1. The second-order valence-electron chi connectivity index (χ2n) is 7.04. The lowest BCUT2D eigenvalue weighted by molar-refractivity contribution is -0.106. The van der Waals surface area contributed by atoms with Gasteiger partial charge in [0.05, 0.1) is 5.39 Å². The topological polar surface area (TPSA) is 101 Å². The van der Waals surface area contributed by atoms with Gasteiger partial charge in [0.15, 0.2) is 5.82 Å². The minimum atomic E-state index is 0.250. The fourth-order valence-electron chi connectivity index (χ4n) is 3.57. The molecule has 3 N–H and O–H groups in total. The molecule has 0 bridgehead atoms. The van der Waals surface area contributed by atoms with E-state index in [0.717, 1.165) is 52.6 Å². The summed E-state index contributed by atoms with van der Waals surface area (Å²) in [5.74, 6) is 4.01. The number of nitrogens with one attached hydrogen (secondary N) is 1. The lowest BCUT2D eigenvalue weighted by Gasteiger charge is -2.18. The number of carbonyl (C=O) groups excluding carboxylic acids is 1. The molecule has 0 unspecified atom stereocenters. The number of nitrogens with zero attached hydrogens (tertiary/aromatic N) is 4. The van der Waals surface area contributed by atoms with E-state index in [0.29, 0.717) is 0 Å². The van der Waals surface area contributed by atoms with E-state index in [1.165, 1.54) is 12.8 Å². The van der Waals surface area contributed by atoms with Gasteiger partial charge in [0, 0.05) is 36.7 Å². The van der Waals surface area contributed by atoms with Crippen LogP contribution in [0.1, 0.15) is 19.8 Å². The molecular formula is C25H26N6O. The summed E-state index contributed by atoms with van der Waals surface area (Å²) in [5, 5.41) is 1.09. The third kappa shape index (κ3) is 5.29. The molecule has 0 radical (unpaired) electrons. The number of carbonyl (C=O) groups is 1. The summed E-state index contributed by atoms with van der Waals surface area (Å²) in [6.07, 6.45) is 10.8. The van der Waals surface area contributed by atoms with Crippen LogP contribution in [-0.4, -0.2) is 39.4 Å². The van der Waals surface area contributed by atoms with E-state index in [1.54, 1.807) is 19.3 Å². The zero-order chi connectivity index (χ0) is 22.8. The van der Waals surface area contributed by atoms with Crippen LogP contribution in [0.15, 0.2) is 60.9 Å². The van der Waals surface area contributed by atoms with E-state index >= 15 is 0 Å². The first kappa shape index (κ1) is 22.5. The molecule has 5 rings (SSSR count). The zero-order valence-corrected chi connectivity index (χ0v) is 18.0. The van der Waals surface area contributed by atoms with Crippen molar-refractivity contribution in [1.82, 2.24) is 19.9 Å². The number of hydrogen-bond acceptors (Lipinski definition) is 5. The number of nitrogens with two attached hydrogens (primary N) is 1. The summed E-state index contributed by atoms with van der Waals surface area (Å²) in [4.78, 5) is 28.3. The van der Waals surface area contributed by atoms with Gasteiger partial charge in [-0.15, -0.1) is 12.3 Å². The number of pyridine rings is 1. The maximum absolute atomic E-state index is 8.58. The Morgan fingerprint density at radius 2 is 1.69 bits per heavy atom. The second kappa shape index (κ2) is 11.3. The minimum Gasteiger partial charge on any atom is -0.372 e. The summed E-state index contributed by atoms with van der Waals surface area (Å²) >= 11 is 0. The van der Waals surface area contributed by atoms with Crippen molar-refractivity contribution < 1.29 is 4.79 Å². The first-order chi connectivity index (χ1) is 15.7. The van der Waals surface area contributed by atoms with Crippen molar-refractivity contribution in [3.05, 3.63) is 60.9 Å². The van der Waals surface area contributed by atoms with Crippen LogP contribution in [0, 0.1) is 12.3 Å². The number of fused-ring (bicyclic) bond motifs is 1. The van der Waals surface area contributed by atoms with Gasteiger partial charge in [-0.1, -0.05) is 30.3 Å². The quantitative estimate of drug-likeness (QED) is 0.380. The monoisotopic (exact) mass is 426 g/mol. The number of benzene rings is 1. The number of aromatic amines is 1. The van der Waals surface area contributed by atoms with Gasteiger partial charge in [0.25, 0.3) is 0 Å². The van der Waals surface area contributed by atoms with Gasteiger partial charge in [-0.3, -0.25) is 9.78 Å². The Hall–Kier alpha value is -4.18. The third-order valence-electron chi connectivity index (χ3n) is 4.90. The second-order valence-corrected chi connectivity index (χ2v) is 7.04. The Labute approximate surface area is 187 Å². The van der Waals surface area contributed by atoms with E-state index < -0.39 is 0 Å². The van der Waals surface area contributed by atoms with Crippen LogP contribution in [0.4, 0.5) is 5.82 Å². The Bertz CT molecular complexity index is 1180. The largest absolute Gasteiger partial charge is 0.372 e. The number of hydrogen-bond donors (Lipinski definition) is 2. The van der Waals surface area contributed by atoms with E-state index in [1.807, 2.05) is 18.2 Å². The lowest BCUT2D eigenvalue weighted by atomic mass is 10.1. The van der Waals surface area contributed by atoms with E-state index in [-0.39, 0.29) is 6.41 Å². The first-order valence-corrected chi connectivity index (χ1v) is 10.4. The molecule has 1 amide bonds. The Kier molecular flexibility index (Phi) is 7.93. The van der Waals surface area contributed by atoms with Gasteiger partial charge in [-0.25, -0.2) is 9.97 Å². The van der Waals surface area contributed by atoms with Gasteiger partial charge in [0.2, 0.25) is 6.41 Å². The number of rotatable bonds is 3. The van der Waals surface area contributed by atoms with Crippen molar-refractivity contribution in [2.24, 2.45) is 5.73 Å². The molecule has 4 heterocycles. The Balaban J connectivity index is 0.000000437. The highest BCUT2D eigenvalue weighted by Gasteiger charge is 2.20. The minimum absolute atomic E-state index is 0.250. The molecule has 1 aromatic carbocycles. The van der Waals surface area contributed by atoms with Gasteiger partial charge in [-0.05, 0) is 43.5 Å². The SMILES string of the molecule is C#CC.NC=O.c1ccc(-c2cc3c(N4CCCC4)nc(-c4ccncc4)nc3[nH]2)cc1. The molecule has 1 aliphatic heterocycles. The molecule has 162 valence electrons. The van der Waals surface area contributed by atoms with Gasteiger partial charge in [-0.2, -0.15) is 0 Å². The standard InChI is InChI=1S/C21H19N5.C3H4.CH3NO/c1-2-6-15(7-3-1)18-14-17-20(23-18)24-19(16-8-10-22-11-9-16)25-21(17)26-12-4-5-13-26;1-3-2;2-1-3/h1-3,6-11,14H,4-5,12-13H2,(H,23,24,25);1H,2H3;1H,(H2,2,3). The molecule has 4 aromatic rings. The highest BCUT2D eigenvalue weighted by molar-refractivity contribution is 5.93. The van der Waals surface area contributed by atoms with Crippen LogP contribution < -0.4 is 10.6 Å². The Morgan fingerprint density at radius 1 is 1.06 bits per heavy atom. The first-order valence-electron chi connectivity index (χ1n) is 10.4. The van der Waals surface area contributed by atoms with Crippen molar-refractivity contribution in [2.45, 2.75) is 19.8 Å². The molecule has 0 spiro atoms. The molecular weight excluding hydrogens is 400 g/mol. The summed E-state index contributed by atoms with van der Waals surface area (Å²) < 4.78 is 0. The number of primary amides is 1. The van der Waals surface area contributed by atoms with Crippen molar-refractivity contribution in [3.8, 4) is 35.0 Å². The van der Waals surface area contributed by atoms with E-state index in [9.17, 15) is 0 Å². The van der Waals surface area contributed by atoms with E-state index in [2.05, 4.69) is 63.3 Å². The summed E-state index contributed by atoms with van der Waals surface area (Å²) in [7, 11) is 0. The van der Waals surface area contributed by atoms with Gasteiger partial charge < -0.3 is 15.6 Å². The van der Waals surface area contributed by atoms with Crippen LogP contribution in [0.5, 0.6) is 0 Å². The fourth-order valence-corrected chi connectivity index (χ4v) is 3.57. The van der Waals surface area contributed by atoms with Crippen LogP contribution in [0.3, 0.4) is 0 Å². The molecule has 0 saturated carbocycles. The highest BCUT2D eigenvalue weighted by atomic mass is 16.1. The number of aromatic nitrogens is 4. The highest BCUT2D eigenvalue weighted by Crippen LogP contribution is 2.32. The maximum atomic E-state index is 8.58. The van der Waals surface area contributed by atoms with Crippen LogP contribution in [0.25, 0.3) is 33.7 Å². The number of anilines is 1. The number of amides is 1. The van der Waals surface area contributed by atoms with Crippen LogP contribution in [0.2, 0.25) is 0 Å². The summed E-state index contributed by atoms with van der Waals surface area (Å²) in [6.45, 7) is 3.75. The summed E-state index contributed by atoms with van der Waals surface area (Å²) in [5.41, 5.74) is 8.26. The molecule has 32 heavy (non-hydrogen) atoms. The smallest absolute Gasteiger partial charge is 0.204 e. The lowest BCUT2D eigenvalue weighted by Crippen LogP contribution is -2.19. The predicted molar refractivity (Wildman–Crippen MR) is 129 cm³/mol. The van der Waals surface area contributed by atoms with Crippen LogP contribution >= 0.6 is 0 Å². The fraction of sp³-hybridized carbons (Fsp3) is 0.200.